The fraction of sp³-hybridized carbons (Fsp3) is 0.900. The zero-order chi connectivity index (χ0) is 10.9. The van der Waals surface area contributed by atoms with Crippen LogP contribution in [0.1, 0.15) is 20.8 Å². The van der Waals surface area contributed by atoms with Crippen molar-refractivity contribution in [2.45, 2.75) is 32.4 Å². The molecule has 4 nitrogen and oxygen atoms in total. The predicted molar refractivity (Wildman–Crippen MR) is 55.0 cm³/mol. The molecule has 14 heavy (non-hydrogen) atoms. The lowest BCUT2D eigenvalue weighted by molar-refractivity contribution is -0.143. The van der Waals surface area contributed by atoms with Crippen molar-refractivity contribution in [3.8, 4) is 0 Å². The lowest BCUT2D eigenvalue weighted by Crippen LogP contribution is -2.60. The van der Waals surface area contributed by atoms with Gasteiger partial charge < -0.3 is 10.0 Å². The van der Waals surface area contributed by atoms with Gasteiger partial charge in [0.2, 0.25) is 0 Å². The number of aliphatic hydroxyl groups is 1. The molecule has 0 aromatic heterocycles. The SMILES string of the molecule is C[C@H](O)C(=O)N1CCN(C)C(C)(C)C1. The van der Waals surface area contributed by atoms with Crippen LogP contribution in [-0.2, 0) is 4.79 Å². The smallest absolute Gasteiger partial charge is 0.251 e. The minimum absolute atomic E-state index is 0.00278. The summed E-state index contributed by atoms with van der Waals surface area (Å²) in [4.78, 5) is 15.5. The Morgan fingerprint density at radius 2 is 2.00 bits per heavy atom. The number of hydrogen-bond acceptors (Lipinski definition) is 3. The minimum Gasteiger partial charge on any atom is -0.384 e. The van der Waals surface area contributed by atoms with Crippen LogP contribution in [-0.4, -0.2) is 59.1 Å². The van der Waals surface area contributed by atoms with Crippen LogP contribution in [0.5, 0.6) is 0 Å². The highest BCUT2D eigenvalue weighted by molar-refractivity contribution is 5.80. The lowest BCUT2D eigenvalue weighted by atomic mass is 9.99. The third-order valence-electron chi connectivity index (χ3n) is 2.99. The zero-order valence-corrected chi connectivity index (χ0v) is 9.45. The van der Waals surface area contributed by atoms with Gasteiger partial charge in [0.05, 0.1) is 0 Å². The molecule has 4 heteroatoms. The minimum atomic E-state index is -0.880. The van der Waals surface area contributed by atoms with E-state index >= 15 is 0 Å². The fourth-order valence-corrected chi connectivity index (χ4v) is 1.69. The highest BCUT2D eigenvalue weighted by Crippen LogP contribution is 2.19. The van der Waals surface area contributed by atoms with Crippen LogP contribution in [0.4, 0.5) is 0 Å². The highest BCUT2D eigenvalue weighted by Gasteiger charge is 2.34. The third kappa shape index (κ3) is 2.25. The molecule has 0 unspecified atom stereocenters. The summed E-state index contributed by atoms with van der Waals surface area (Å²) in [6.07, 6.45) is -0.880. The topological polar surface area (TPSA) is 43.8 Å². The number of nitrogens with zero attached hydrogens (tertiary/aromatic N) is 2. The van der Waals surface area contributed by atoms with Crippen molar-refractivity contribution in [2.75, 3.05) is 26.7 Å². The van der Waals surface area contributed by atoms with E-state index in [1.165, 1.54) is 6.92 Å². The van der Waals surface area contributed by atoms with E-state index in [2.05, 4.69) is 25.8 Å². The molecule has 0 aromatic carbocycles. The van der Waals surface area contributed by atoms with Crippen LogP contribution in [0, 0.1) is 0 Å². The van der Waals surface area contributed by atoms with E-state index in [0.29, 0.717) is 13.1 Å². The van der Waals surface area contributed by atoms with Gasteiger partial charge >= 0.3 is 0 Å². The summed E-state index contributed by atoms with van der Waals surface area (Å²) in [6, 6.07) is 0. The van der Waals surface area contributed by atoms with Crippen molar-refractivity contribution in [1.82, 2.24) is 9.80 Å². The largest absolute Gasteiger partial charge is 0.384 e. The molecule has 1 atom stereocenters. The Balaban J connectivity index is 2.64. The molecule has 1 heterocycles. The van der Waals surface area contributed by atoms with E-state index in [4.69, 9.17) is 0 Å². The number of piperazine rings is 1. The number of aliphatic hydroxyl groups excluding tert-OH is 1. The van der Waals surface area contributed by atoms with Gasteiger partial charge in [0.1, 0.15) is 6.10 Å². The number of likely N-dealkylation sites (N-methyl/N-ethyl adjacent to an activating group) is 1. The Morgan fingerprint density at radius 3 is 2.43 bits per heavy atom. The maximum Gasteiger partial charge on any atom is 0.251 e. The van der Waals surface area contributed by atoms with E-state index in [1.54, 1.807) is 4.90 Å². The molecule has 0 radical (unpaired) electrons. The number of carbonyl (C=O) groups is 1. The zero-order valence-electron chi connectivity index (χ0n) is 9.45. The van der Waals surface area contributed by atoms with Crippen molar-refractivity contribution >= 4 is 5.91 Å². The first-order valence-corrected chi connectivity index (χ1v) is 5.03. The quantitative estimate of drug-likeness (QED) is 0.644. The Morgan fingerprint density at radius 1 is 1.43 bits per heavy atom. The van der Waals surface area contributed by atoms with Gasteiger partial charge in [0.25, 0.3) is 5.91 Å². The molecular formula is C10H20N2O2. The molecule has 0 spiro atoms. The molecule has 0 saturated carbocycles. The second-order valence-electron chi connectivity index (χ2n) is 4.67. The number of carbonyl (C=O) groups excluding carboxylic acids is 1. The fourth-order valence-electron chi connectivity index (χ4n) is 1.69. The van der Waals surface area contributed by atoms with Crippen LogP contribution in [0.3, 0.4) is 0 Å². The predicted octanol–water partition coefficient (Wildman–Crippen LogP) is -0.0802. The molecule has 1 amide bonds. The summed E-state index contributed by atoms with van der Waals surface area (Å²) >= 11 is 0. The van der Waals surface area contributed by atoms with Gasteiger partial charge in [-0.25, -0.2) is 0 Å². The van der Waals surface area contributed by atoms with Gasteiger partial charge in [-0.1, -0.05) is 0 Å². The first-order chi connectivity index (χ1) is 6.34. The van der Waals surface area contributed by atoms with Gasteiger partial charge in [-0.15, -0.1) is 0 Å². The molecule has 1 N–H and O–H groups in total. The van der Waals surface area contributed by atoms with Gasteiger partial charge in [0, 0.05) is 25.2 Å². The normalized spacial score (nSPS) is 24.8. The lowest BCUT2D eigenvalue weighted by Gasteiger charge is -2.45. The number of hydrogen-bond donors (Lipinski definition) is 1. The average Bonchev–Trinajstić information content (AvgIpc) is 2.08. The number of rotatable bonds is 1. The van der Waals surface area contributed by atoms with Crippen molar-refractivity contribution in [1.29, 1.82) is 0 Å². The maximum atomic E-state index is 11.5. The van der Waals surface area contributed by atoms with Gasteiger partial charge in [-0.2, -0.15) is 0 Å². The average molecular weight is 200 g/mol. The molecule has 1 fully saturated rings. The van der Waals surface area contributed by atoms with E-state index in [0.717, 1.165) is 6.54 Å². The molecule has 1 rings (SSSR count). The first-order valence-electron chi connectivity index (χ1n) is 5.03. The summed E-state index contributed by atoms with van der Waals surface area (Å²) in [5, 5.41) is 9.20. The summed E-state index contributed by atoms with van der Waals surface area (Å²) in [6.45, 7) is 8.00. The standard InChI is InChI=1S/C10H20N2O2/c1-8(13)9(14)12-6-5-11(4)10(2,3)7-12/h8,13H,5-7H2,1-4H3/t8-/m0/s1. The Kier molecular flexibility index (Phi) is 3.17. The molecule has 82 valence electrons. The Bertz CT molecular complexity index is 226. The molecule has 1 aliphatic rings. The van der Waals surface area contributed by atoms with Crippen LogP contribution >= 0.6 is 0 Å². The number of amides is 1. The van der Waals surface area contributed by atoms with Gasteiger partial charge in [-0.05, 0) is 27.8 Å². The van der Waals surface area contributed by atoms with Crippen LogP contribution in [0.25, 0.3) is 0 Å². The van der Waals surface area contributed by atoms with Crippen LogP contribution in [0.15, 0.2) is 0 Å². The molecule has 1 aliphatic heterocycles. The molecule has 0 aliphatic carbocycles. The van der Waals surface area contributed by atoms with Gasteiger partial charge in [-0.3, -0.25) is 9.69 Å². The summed E-state index contributed by atoms with van der Waals surface area (Å²) < 4.78 is 0. The summed E-state index contributed by atoms with van der Waals surface area (Å²) in [5.74, 6) is -0.161. The van der Waals surface area contributed by atoms with E-state index < -0.39 is 6.10 Å². The van der Waals surface area contributed by atoms with Crippen molar-refractivity contribution in [2.24, 2.45) is 0 Å². The van der Waals surface area contributed by atoms with Crippen LogP contribution in [0.2, 0.25) is 0 Å². The highest BCUT2D eigenvalue weighted by atomic mass is 16.3. The van der Waals surface area contributed by atoms with Gasteiger partial charge in [0.15, 0.2) is 0 Å². The monoisotopic (exact) mass is 200 g/mol. The van der Waals surface area contributed by atoms with Crippen molar-refractivity contribution in [3.63, 3.8) is 0 Å². The molecular weight excluding hydrogens is 180 g/mol. The van der Waals surface area contributed by atoms with Crippen molar-refractivity contribution in [3.05, 3.63) is 0 Å². The third-order valence-corrected chi connectivity index (χ3v) is 2.99. The summed E-state index contributed by atoms with van der Waals surface area (Å²) in [5.41, 5.74) is 0.00278. The maximum absolute atomic E-state index is 11.5. The summed E-state index contributed by atoms with van der Waals surface area (Å²) in [7, 11) is 2.06. The van der Waals surface area contributed by atoms with Crippen molar-refractivity contribution < 1.29 is 9.90 Å². The van der Waals surface area contributed by atoms with E-state index in [1.807, 2.05) is 0 Å². The second kappa shape index (κ2) is 3.87. The Hall–Kier alpha value is -0.610. The van der Waals surface area contributed by atoms with E-state index in [9.17, 15) is 9.90 Å². The van der Waals surface area contributed by atoms with Crippen LogP contribution < -0.4 is 0 Å². The molecule has 0 aromatic rings. The molecule has 1 saturated heterocycles. The molecule has 0 bridgehead atoms. The second-order valence-corrected chi connectivity index (χ2v) is 4.67. The first kappa shape index (κ1) is 11.5. The van der Waals surface area contributed by atoms with E-state index in [-0.39, 0.29) is 11.4 Å². The Labute approximate surface area is 85.5 Å².